The van der Waals surface area contributed by atoms with Crippen LogP contribution >= 0.6 is 15.9 Å². The van der Waals surface area contributed by atoms with Gasteiger partial charge in [-0.25, -0.2) is 4.98 Å². The zero-order chi connectivity index (χ0) is 18.2. The van der Waals surface area contributed by atoms with Gasteiger partial charge in [-0.2, -0.15) is 26.3 Å². The van der Waals surface area contributed by atoms with Crippen molar-refractivity contribution in [3.05, 3.63) is 21.9 Å². The maximum atomic E-state index is 12.6. The van der Waals surface area contributed by atoms with Gasteiger partial charge < -0.3 is 16.2 Å². The van der Waals surface area contributed by atoms with Crippen molar-refractivity contribution in [2.24, 2.45) is 0 Å². The molecule has 0 aliphatic rings. The summed E-state index contributed by atoms with van der Waals surface area (Å²) >= 11 is 2.51. The second-order valence-electron chi connectivity index (χ2n) is 4.72. The number of nitrogens with one attached hydrogen (secondary N) is 1. The Labute approximate surface area is 134 Å². The molecule has 1 aromatic heterocycles. The van der Waals surface area contributed by atoms with Crippen LogP contribution in [-0.2, 0) is 6.18 Å². The Morgan fingerprint density at radius 1 is 1.35 bits per heavy atom. The van der Waals surface area contributed by atoms with Crippen LogP contribution in [0.2, 0.25) is 0 Å². The van der Waals surface area contributed by atoms with Crippen molar-refractivity contribution in [3.63, 3.8) is 0 Å². The Hall–Kier alpha value is -1.56. The van der Waals surface area contributed by atoms with Gasteiger partial charge >= 0.3 is 12.4 Å². The second kappa shape index (κ2) is 6.15. The van der Waals surface area contributed by atoms with Gasteiger partial charge in [-0.1, -0.05) is 0 Å². The average Bonchev–Trinajstić information content (AvgIpc) is 2.35. The number of rotatable bonds is 3. The van der Waals surface area contributed by atoms with Gasteiger partial charge in [0.1, 0.15) is 4.60 Å². The van der Waals surface area contributed by atoms with Crippen LogP contribution in [0.4, 0.5) is 32.0 Å². The number of hydrogen-bond donors (Lipinski definition) is 3. The lowest BCUT2D eigenvalue weighted by molar-refractivity contribution is -0.249. The quantitative estimate of drug-likeness (QED) is 0.528. The van der Waals surface area contributed by atoms with Gasteiger partial charge in [0.15, 0.2) is 11.3 Å². The number of nitrogens with two attached hydrogens (primary N) is 1. The molecule has 5 nitrogen and oxygen atoms in total. The van der Waals surface area contributed by atoms with Crippen molar-refractivity contribution >= 4 is 27.5 Å². The highest BCUT2D eigenvalue weighted by Crippen LogP contribution is 2.35. The maximum Gasteiger partial charge on any atom is 0.419 e. The largest absolute Gasteiger partial charge is 0.419 e. The van der Waals surface area contributed by atoms with Crippen LogP contribution in [0.5, 0.6) is 0 Å². The maximum absolute atomic E-state index is 12.6. The highest BCUT2D eigenvalue weighted by molar-refractivity contribution is 9.10. The first-order valence-corrected chi connectivity index (χ1v) is 6.56. The molecule has 1 amide bonds. The van der Waals surface area contributed by atoms with E-state index in [2.05, 4.69) is 20.9 Å². The monoisotopic (exact) mass is 409 g/mol. The van der Waals surface area contributed by atoms with Crippen LogP contribution < -0.4 is 11.1 Å². The Kier molecular flexibility index (Phi) is 5.21. The van der Waals surface area contributed by atoms with Crippen molar-refractivity contribution < 1.29 is 36.2 Å². The van der Waals surface area contributed by atoms with Crippen molar-refractivity contribution in [2.45, 2.75) is 24.9 Å². The predicted octanol–water partition coefficient (Wildman–Crippen LogP) is 2.49. The normalized spacial score (nSPS) is 15.2. The van der Waals surface area contributed by atoms with Gasteiger partial charge in [0.05, 0.1) is 17.8 Å². The van der Waals surface area contributed by atoms with Crippen LogP contribution in [0.15, 0.2) is 10.7 Å². The number of pyridine rings is 1. The summed E-state index contributed by atoms with van der Waals surface area (Å²) in [6, 6.07) is 0.425. The van der Waals surface area contributed by atoms with E-state index in [1.165, 1.54) is 0 Å². The summed E-state index contributed by atoms with van der Waals surface area (Å²) in [6.45, 7) is -0.804. The molecule has 0 spiro atoms. The Balaban J connectivity index is 3.01. The third-order valence-electron chi connectivity index (χ3n) is 2.73. The second-order valence-corrected chi connectivity index (χ2v) is 5.47. The van der Waals surface area contributed by atoms with Crippen molar-refractivity contribution in [2.75, 3.05) is 12.3 Å². The van der Waals surface area contributed by atoms with E-state index in [0.717, 1.165) is 0 Å². The minimum Gasteiger partial charge on any atom is -0.397 e. The fraction of sp³-hybridized carbons (Fsp3) is 0.455. The number of nitrogen functional groups attached to an aromatic ring is 1. The minimum absolute atomic E-state index is 0.423. The minimum atomic E-state index is -5.01. The molecule has 4 N–H and O–H groups in total. The van der Waals surface area contributed by atoms with Crippen LogP contribution in [0.3, 0.4) is 0 Å². The molecule has 0 fully saturated rings. The van der Waals surface area contributed by atoms with Gasteiger partial charge in [-0.15, -0.1) is 0 Å². The number of carbonyl (C=O) groups excluding carboxylic acids is 1. The molecule has 1 aromatic rings. The molecule has 0 saturated carbocycles. The van der Waals surface area contributed by atoms with Crippen LogP contribution in [-0.4, -0.2) is 34.3 Å². The number of alkyl halides is 6. The molecule has 0 bridgehead atoms. The third kappa shape index (κ3) is 4.47. The number of anilines is 1. The summed E-state index contributed by atoms with van der Waals surface area (Å²) < 4.78 is 74.4. The first-order chi connectivity index (χ1) is 10.2. The lowest BCUT2D eigenvalue weighted by atomic mass is 10.1. The van der Waals surface area contributed by atoms with Gasteiger partial charge in [-0.05, 0) is 28.9 Å². The van der Waals surface area contributed by atoms with E-state index in [1.54, 1.807) is 5.32 Å². The number of nitrogens with zero attached hydrogens (tertiary/aromatic N) is 1. The average molecular weight is 410 g/mol. The standard InChI is InChI=1S/C11H10BrF6N3O2/c1-9(23,11(16,17)18)3-20-8(22)6-5(19)2-4(7(12)21-6)10(13,14)15/h2,23H,3,19H2,1H3,(H,20,22)/t9-/m0/s1. The molecule has 0 aliphatic heterocycles. The van der Waals surface area contributed by atoms with E-state index in [4.69, 9.17) is 5.73 Å². The van der Waals surface area contributed by atoms with Gasteiger partial charge in [-0.3, -0.25) is 4.79 Å². The first kappa shape index (κ1) is 19.5. The first-order valence-electron chi connectivity index (χ1n) is 5.77. The van der Waals surface area contributed by atoms with Crippen LogP contribution in [0.25, 0.3) is 0 Å². The molecule has 130 valence electrons. The van der Waals surface area contributed by atoms with E-state index in [0.29, 0.717) is 13.0 Å². The molecule has 1 heterocycles. The summed E-state index contributed by atoms with van der Waals surface area (Å²) in [5, 5.41) is 10.9. The summed E-state index contributed by atoms with van der Waals surface area (Å²) in [7, 11) is 0. The number of hydrogen-bond acceptors (Lipinski definition) is 4. The highest BCUT2D eigenvalue weighted by atomic mass is 79.9. The topological polar surface area (TPSA) is 88.2 Å². The number of aromatic nitrogens is 1. The number of amides is 1. The van der Waals surface area contributed by atoms with E-state index in [9.17, 15) is 36.2 Å². The Bertz CT molecular complexity index is 615. The molecule has 0 aliphatic carbocycles. The predicted molar refractivity (Wildman–Crippen MR) is 70.4 cm³/mol. The lowest BCUT2D eigenvalue weighted by Gasteiger charge is -2.26. The van der Waals surface area contributed by atoms with Crippen molar-refractivity contribution in [1.82, 2.24) is 10.3 Å². The number of halogens is 7. The molecule has 23 heavy (non-hydrogen) atoms. The smallest absolute Gasteiger partial charge is 0.397 e. The SMILES string of the molecule is C[C@](O)(CNC(=O)c1nc(Br)c(C(F)(F)F)cc1N)C(F)(F)F. The molecule has 1 rings (SSSR count). The van der Waals surface area contributed by atoms with E-state index in [1.807, 2.05) is 0 Å². The van der Waals surface area contributed by atoms with Crippen molar-refractivity contribution in [1.29, 1.82) is 0 Å². The zero-order valence-corrected chi connectivity index (χ0v) is 12.9. The molecule has 0 saturated heterocycles. The van der Waals surface area contributed by atoms with E-state index in [-0.39, 0.29) is 0 Å². The molecule has 12 heteroatoms. The zero-order valence-electron chi connectivity index (χ0n) is 11.3. The number of carbonyl (C=O) groups is 1. The van der Waals surface area contributed by atoms with Gasteiger partial charge in [0, 0.05) is 0 Å². The summed E-state index contributed by atoms with van der Waals surface area (Å²) in [4.78, 5) is 15.0. The Morgan fingerprint density at radius 3 is 2.30 bits per heavy atom. The lowest BCUT2D eigenvalue weighted by Crippen LogP contribution is -2.51. The fourth-order valence-electron chi connectivity index (χ4n) is 1.32. The molecule has 0 unspecified atom stereocenters. The molecule has 0 radical (unpaired) electrons. The highest BCUT2D eigenvalue weighted by Gasteiger charge is 2.50. The summed E-state index contributed by atoms with van der Waals surface area (Å²) in [5.74, 6) is -1.26. The molecule has 1 atom stereocenters. The summed E-state index contributed by atoms with van der Waals surface area (Å²) in [5.41, 5.74) is -0.561. The van der Waals surface area contributed by atoms with Gasteiger partial charge in [0.2, 0.25) is 0 Å². The third-order valence-corrected chi connectivity index (χ3v) is 3.33. The number of aliphatic hydroxyl groups is 1. The fourth-order valence-corrected chi connectivity index (χ4v) is 1.84. The van der Waals surface area contributed by atoms with Crippen molar-refractivity contribution in [3.8, 4) is 0 Å². The van der Waals surface area contributed by atoms with Crippen LogP contribution in [0.1, 0.15) is 23.0 Å². The van der Waals surface area contributed by atoms with E-state index < -0.39 is 52.0 Å². The Morgan fingerprint density at radius 2 is 1.87 bits per heavy atom. The molecular weight excluding hydrogens is 400 g/mol. The van der Waals surface area contributed by atoms with E-state index >= 15 is 0 Å². The molecular formula is C11H10BrF6N3O2. The van der Waals surface area contributed by atoms with Gasteiger partial charge in [0.25, 0.3) is 5.91 Å². The molecule has 0 aromatic carbocycles. The summed E-state index contributed by atoms with van der Waals surface area (Å²) in [6.07, 6.45) is -9.80. The van der Waals surface area contributed by atoms with Crippen LogP contribution in [0, 0.1) is 0 Å².